The van der Waals surface area contributed by atoms with Crippen molar-refractivity contribution in [2.24, 2.45) is 0 Å². The molecule has 1 amide bonds. The van der Waals surface area contributed by atoms with Crippen LogP contribution in [0.25, 0.3) is 0 Å². The van der Waals surface area contributed by atoms with Crippen LogP contribution >= 0.6 is 0 Å². The number of hydrogen-bond donors (Lipinski definition) is 1. The highest BCUT2D eigenvalue weighted by Crippen LogP contribution is 2.14. The number of rotatable bonds is 5. The van der Waals surface area contributed by atoms with Crippen LogP contribution in [0.2, 0.25) is 0 Å². The van der Waals surface area contributed by atoms with Gasteiger partial charge in [0.05, 0.1) is 0 Å². The molecule has 1 aromatic carbocycles. The summed E-state index contributed by atoms with van der Waals surface area (Å²) in [7, 11) is 0. The van der Waals surface area contributed by atoms with Gasteiger partial charge in [-0.2, -0.15) is 13.2 Å². The summed E-state index contributed by atoms with van der Waals surface area (Å²) in [6.45, 7) is -0.234. The molecule has 7 heteroatoms. The molecule has 0 saturated carbocycles. The Balaban J connectivity index is 2.20. The van der Waals surface area contributed by atoms with E-state index in [4.69, 9.17) is 4.74 Å². The molecule has 19 heavy (non-hydrogen) atoms. The Bertz CT molecular complexity index is 432. The van der Waals surface area contributed by atoms with Crippen LogP contribution in [0, 0.1) is 0 Å². The topological polar surface area (TPSA) is 55.4 Å². The second kappa shape index (κ2) is 6.77. The molecular formula is C12H12F3NO3. The van der Waals surface area contributed by atoms with Gasteiger partial charge in [-0.25, -0.2) is 0 Å². The minimum absolute atomic E-state index is 0.0764. The monoisotopic (exact) mass is 275 g/mol. The Hall–Kier alpha value is -2.05. The maximum Gasteiger partial charge on any atom is 0.471 e. The Kier molecular flexibility index (Phi) is 5.35. The number of alkyl halides is 3. The Labute approximate surface area is 107 Å². The summed E-state index contributed by atoms with van der Waals surface area (Å²) >= 11 is 0. The van der Waals surface area contributed by atoms with Crippen molar-refractivity contribution < 1.29 is 27.5 Å². The summed E-state index contributed by atoms with van der Waals surface area (Å²) in [5.74, 6) is -2.21. The summed E-state index contributed by atoms with van der Waals surface area (Å²) in [5, 5.41) is 1.67. The quantitative estimate of drug-likeness (QED) is 0.508. The van der Waals surface area contributed by atoms with E-state index in [1.54, 1.807) is 35.6 Å². The summed E-state index contributed by atoms with van der Waals surface area (Å²) < 4.78 is 40.4. The standard InChI is InChI=1S/C12H12F3NO3/c13-12(14,15)11(18)16-8-4-7-10(17)19-9-5-2-1-3-6-9/h1-3,5-6H,4,7-8H2,(H,16,18). The van der Waals surface area contributed by atoms with Crippen LogP contribution in [0.3, 0.4) is 0 Å². The van der Waals surface area contributed by atoms with E-state index in [0.29, 0.717) is 5.75 Å². The molecule has 0 unspecified atom stereocenters. The van der Waals surface area contributed by atoms with Gasteiger partial charge in [0.25, 0.3) is 0 Å². The third-order valence-electron chi connectivity index (χ3n) is 2.08. The van der Waals surface area contributed by atoms with Crippen LogP contribution in [0.15, 0.2) is 30.3 Å². The van der Waals surface area contributed by atoms with Gasteiger partial charge in [-0.05, 0) is 18.6 Å². The van der Waals surface area contributed by atoms with Crippen LogP contribution in [-0.4, -0.2) is 24.6 Å². The zero-order valence-electron chi connectivity index (χ0n) is 9.87. The second-order valence-electron chi connectivity index (χ2n) is 3.64. The molecule has 0 spiro atoms. The number of halogens is 3. The normalized spacial score (nSPS) is 10.9. The first-order valence-corrected chi connectivity index (χ1v) is 5.50. The molecule has 1 rings (SSSR count). The average Bonchev–Trinajstić information content (AvgIpc) is 2.34. The van der Waals surface area contributed by atoms with Crippen LogP contribution in [-0.2, 0) is 9.59 Å². The van der Waals surface area contributed by atoms with E-state index in [2.05, 4.69) is 0 Å². The second-order valence-corrected chi connectivity index (χ2v) is 3.64. The molecule has 4 nitrogen and oxygen atoms in total. The number of esters is 1. The van der Waals surface area contributed by atoms with Crippen molar-refractivity contribution in [2.45, 2.75) is 19.0 Å². The minimum Gasteiger partial charge on any atom is -0.427 e. The molecule has 0 atom stereocenters. The lowest BCUT2D eigenvalue weighted by atomic mass is 10.3. The van der Waals surface area contributed by atoms with Crippen LogP contribution in [0.1, 0.15) is 12.8 Å². The van der Waals surface area contributed by atoms with Crippen molar-refractivity contribution >= 4 is 11.9 Å². The van der Waals surface area contributed by atoms with E-state index in [0.717, 1.165) is 0 Å². The summed E-state index contributed by atoms with van der Waals surface area (Å²) in [6.07, 6.45) is -4.90. The average molecular weight is 275 g/mol. The van der Waals surface area contributed by atoms with Gasteiger partial charge < -0.3 is 10.1 Å². The summed E-state index contributed by atoms with van der Waals surface area (Å²) in [4.78, 5) is 21.7. The number of nitrogens with one attached hydrogen (secondary N) is 1. The number of hydrogen-bond acceptors (Lipinski definition) is 3. The van der Waals surface area contributed by atoms with E-state index in [-0.39, 0.29) is 19.4 Å². The van der Waals surface area contributed by atoms with Crippen molar-refractivity contribution in [3.63, 3.8) is 0 Å². The van der Waals surface area contributed by atoms with Gasteiger partial charge in [0.1, 0.15) is 5.75 Å². The highest BCUT2D eigenvalue weighted by Gasteiger charge is 2.38. The van der Waals surface area contributed by atoms with Gasteiger partial charge in [-0.15, -0.1) is 0 Å². The molecule has 0 saturated heterocycles. The SMILES string of the molecule is O=C(CCCNC(=O)C(F)(F)F)Oc1ccccc1. The predicted molar refractivity (Wildman–Crippen MR) is 60.4 cm³/mol. The maximum absolute atomic E-state index is 11.8. The smallest absolute Gasteiger partial charge is 0.427 e. The third-order valence-corrected chi connectivity index (χ3v) is 2.08. The highest BCUT2D eigenvalue weighted by atomic mass is 19.4. The molecular weight excluding hydrogens is 263 g/mol. The van der Waals surface area contributed by atoms with Gasteiger partial charge in [0.2, 0.25) is 0 Å². The predicted octanol–water partition coefficient (Wildman–Crippen LogP) is 2.05. The van der Waals surface area contributed by atoms with Gasteiger partial charge in [-0.3, -0.25) is 9.59 Å². The van der Waals surface area contributed by atoms with Crippen molar-refractivity contribution in [1.82, 2.24) is 5.32 Å². The van der Waals surface area contributed by atoms with Crippen LogP contribution < -0.4 is 10.1 Å². The van der Waals surface area contributed by atoms with Crippen molar-refractivity contribution in [2.75, 3.05) is 6.54 Å². The number of ether oxygens (including phenoxy) is 1. The fourth-order valence-corrected chi connectivity index (χ4v) is 1.21. The molecule has 0 bridgehead atoms. The van der Waals surface area contributed by atoms with E-state index in [1.807, 2.05) is 0 Å². The molecule has 0 aliphatic rings. The molecule has 104 valence electrons. The Morgan fingerprint density at radius 3 is 2.37 bits per heavy atom. The van der Waals surface area contributed by atoms with Crippen molar-refractivity contribution in [3.05, 3.63) is 30.3 Å². The maximum atomic E-state index is 11.8. The first-order valence-electron chi connectivity index (χ1n) is 5.50. The third kappa shape index (κ3) is 5.89. The number of benzene rings is 1. The lowest BCUT2D eigenvalue weighted by Gasteiger charge is -2.07. The number of carbonyl (C=O) groups excluding carboxylic acids is 2. The molecule has 0 aromatic heterocycles. The van der Waals surface area contributed by atoms with Gasteiger partial charge in [0.15, 0.2) is 0 Å². The van der Waals surface area contributed by atoms with Crippen molar-refractivity contribution in [3.8, 4) is 5.75 Å². The molecule has 1 N–H and O–H groups in total. The Morgan fingerprint density at radius 1 is 1.16 bits per heavy atom. The number of carbonyl (C=O) groups is 2. The van der Waals surface area contributed by atoms with Gasteiger partial charge >= 0.3 is 18.1 Å². The van der Waals surface area contributed by atoms with E-state index in [1.165, 1.54) is 0 Å². The molecule has 1 aromatic rings. The molecule has 0 aliphatic carbocycles. The fourth-order valence-electron chi connectivity index (χ4n) is 1.21. The van der Waals surface area contributed by atoms with Gasteiger partial charge in [0, 0.05) is 13.0 Å². The van der Waals surface area contributed by atoms with Crippen LogP contribution in [0.4, 0.5) is 13.2 Å². The molecule has 0 fully saturated rings. The Morgan fingerprint density at radius 2 is 1.79 bits per heavy atom. The molecule has 0 heterocycles. The van der Waals surface area contributed by atoms with Crippen LogP contribution in [0.5, 0.6) is 5.75 Å². The van der Waals surface area contributed by atoms with Crippen molar-refractivity contribution in [1.29, 1.82) is 0 Å². The molecule has 0 radical (unpaired) electrons. The zero-order valence-corrected chi connectivity index (χ0v) is 9.87. The minimum atomic E-state index is -4.90. The first-order chi connectivity index (χ1) is 8.89. The molecule has 0 aliphatic heterocycles. The fraction of sp³-hybridized carbons (Fsp3) is 0.333. The first kappa shape index (κ1) is 15.0. The van der Waals surface area contributed by atoms with Gasteiger partial charge in [-0.1, -0.05) is 18.2 Å². The number of amides is 1. The van der Waals surface area contributed by atoms with E-state index >= 15 is 0 Å². The zero-order chi connectivity index (χ0) is 14.3. The largest absolute Gasteiger partial charge is 0.471 e. The lowest BCUT2D eigenvalue weighted by molar-refractivity contribution is -0.173. The summed E-state index contributed by atoms with van der Waals surface area (Å²) in [5.41, 5.74) is 0. The van der Waals surface area contributed by atoms with E-state index < -0.39 is 18.1 Å². The number of para-hydroxylation sites is 1. The summed E-state index contributed by atoms with van der Waals surface area (Å²) in [6, 6.07) is 8.30. The highest BCUT2D eigenvalue weighted by molar-refractivity contribution is 5.81. The lowest BCUT2D eigenvalue weighted by Crippen LogP contribution is -2.37. The van der Waals surface area contributed by atoms with E-state index in [9.17, 15) is 22.8 Å².